The largest absolute Gasteiger partial charge is 0.358 e. The summed E-state index contributed by atoms with van der Waals surface area (Å²) >= 11 is 0. The van der Waals surface area contributed by atoms with Gasteiger partial charge in [0.1, 0.15) is 6.04 Å². The molecule has 1 atom stereocenters. The molecule has 4 rings (SSSR count). The predicted octanol–water partition coefficient (Wildman–Crippen LogP) is 3.16. The summed E-state index contributed by atoms with van der Waals surface area (Å²) in [6.45, 7) is 1.63. The van der Waals surface area contributed by atoms with Crippen molar-refractivity contribution in [3.63, 3.8) is 0 Å². The van der Waals surface area contributed by atoms with Gasteiger partial charge in [0.2, 0.25) is 0 Å². The topological polar surface area (TPSA) is 82.3 Å². The summed E-state index contributed by atoms with van der Waals surface area (Å²) in [7, 11) is 0. The van der Waals surface area contributed by atoms with Crippen molar-refractivity contribution >= 4 is 28.6 Å². The Morgan fingerprint density at radius 2 is 1.88 bits per heavy atom. The molecule has 1 aliphatic heterocycles. The highest BCUT2D eigenvalue weighted by Gasteiger charge is 2.43. The number of benzene rings is 1. The summed E-state index contributed by atoms with van der Waals surface area (Å²) in [5.74, 6) is -0.282. The summed E-state index contributed by atoms with van der Waals surface area (Å²) in [5.41, 5.74) is 2.19. The third kappa shape index (κ3) is 2.79. The van der Waals surface area contributed by atoms with Crippen LogP contribution in [0.2, 0.25) is 0 Å². The highest BCUT2D eigenvalue weighted by molar-refractivity contribution is 6.14. The first-order valence-corrected chi connectivity index (χ1v) is 9.28. The second-order valence-corrected chi connectivity index (χ2v) is 7.34. The smallest absolute Gasteiger partial charge is 0.325 e. The van der Waals surface area contributed by atoms with Crippen LogP contribution in [0.25, 0.3) is 10.9 Å². The van der Waals surface area contributed by atoms with Gasteiger partial charge in [-0.25, -0.2) is 4.79 Å². The number of imide groups is 1. The monoisotopic (exact) mass is 353 g/mol. The predicted molar refractivity (Wildman–Crippen MR) is 98.0 cm³/mol. The lowest BCUT2D eigenvalue weighted by molar-refractivity contribution is -0.128. The first-order chi connectivity index (χ1) is 12.6. The maximum atomic E-state index is 12.9. The van der Waals surface area contributed by atoms with E-state index >= 15 is 0 Å². The van der Waals surface area contributed by atoms with E-state index in [1.54, 1.807) is 0 Å². The van der Waals surface area contributed by atoms with Crippen LogP contribution in [-0.2, 0) is 4.79 Å². The van der Waals surface area contributed by atoms with Crippen molar-refractivity contribution < 1.29 is 14.4 Å². The average molecular weight is 353 g/mol. The van der Waals surface area contributed by atoms with E-state index in [1.165, 1.54) is 6.42 Å². The van der Waals surface area contributed by atoms with Crippen molar-refractivity contribution in [3.8, 4) is 0 Å². The second-order valence-electron chi connectivity index (χ2n) is 7.34. The van der Waals surface area contributed by atoms with Crippen LogP contribution in [0.15, 0.2) is 24.3 Å². The fourth-order valence-electron chi connectivity index (χ4n) is 4.34. The molecule has 2 aliphatic rings. The lowest BCUT2D eigenvalue weighted by Gasteiger charge is -2.25. The first-order valence-electron chi connectivity index (χ1n) is 9.28. The molecule has 2 aromatic rings. The molecule has 2 N–H and O–H groups in total. The summed E-state index contributed by atoms with van der Waals surface area (Å²) in [4.78, 5) is 42.2. The van der Waals surface area contributed by atoms with Crippen LogP contribution in [0.1, 0.15) is 48.2 Å². The van der Waals surface area contributed by atoms with E-state index in [4.69, 9.17) is 0 Å². The molecule has 2 heterocycles. The number of hydrogen-bond acceptors (Lipinski definition) is 3. The number of H-pyrrole nitrogens is 1. The minimum atomic E-state index is -0.473. The maximum Gasteiger partial charge on any atom is 0.325 e. The van der Waals surface area contributed by atoms with Gasteiger partial charge in [-0.1, -0.05) is 37.5 Å². The molecule has 136 valence electrons. The Kier molecular flexibility index (Phi) is 4.26. The van der Waals surface area contributed by atoms with Crippen molar-refractivity contribution in [2.45, 2.75) is 45.1 Å². The number of aromatic amines is 1. The Balaban J connectivity index is 1.54. The van der Waals surface area contributed by atoms with Crippen LogP contribution < -0.4 is 5.32 Å². The fourth-order valence-corrected chi connectivity index (χ4v) is 4.34. The molecule has 2 fully saturated rings. The molecule has 1 saturated carbocycles. The number of nitrogens with one attached hydrogen (secondary N) is 2. The van der Waals surface area contributed by atoms with Crippen LogP contribution in [-0.4, -0.2) is 40.2 Å². The maximum absolute atomic E-state index is 12.9. The molecule has 0 radical (unpaired) electrons. The molecule has 1 saturated heterocycles. The molecule has 1 aromatic carbocycles. The Labute approximate surface area is 151 Å². The van der Waals surface area contributed by atoms with Gasteiger partial charge in [0.15, 0.2) is 5.78 Å². The summed E-state index contributed by atoms with van der Waals surface area (Å²) < 4.78 is 0. The van der Waals surface area contributed by atoms with Gasteiger partial charge in [-0.15, -0.1) is 0 Å². The van der Waals surface area contributed by atoms with Crippen molar-refractivity contribution in [1.29, 1.82) is 0 Å². The second kappa shape index (κ2) is 6.59. The molecule has 26 heavy (non-hydrogen) atoms. The third-order valence-electron chi connectivity index (χ3n) is 5.65. The number of para-hydroxylation sites is 1. The zero-order valence-electron chi connectivity index (χ0n) is 14.9. The zero-order chi connectivity index (χ0) is 18.3. The van der Waals surface area contributed by atoms with Gasteiger partial charge in [-0.2, -0.15) is 0 Å². The van der Waals surface area contributed by atoms with E-state index < -0.39 is 12.1 Å². The van der Waals surface area contributed by atoms with Gasteiger partial charge >= 0.3 is 6.03 Å². The SMILES string of the molecule is Cc1[nH]c2ccccc2c1C(=O)CN1C(=O)N[C@H](C2CCCCC2)C1=O. The number of carbonyl (C=O) groups is 3. The molecular weight excluding hydrogens is 330 g/mol. The average Bonchev–Trinajstić information content (AvgIpc) is 3.13. The van der Waals surface area contributed by atoms with E-state index in [2.05, 4.69) is 10.3 Å². The van der Waals surface area contributed by atoms with Crippen molar-refractivity contribution in [2.75, 3.05) is 6.54 Å². The van der Waals surface area contributed by atoms with E-state index in [9.17, 15) is 14.4 Å². The molecule has 6 heteroatoms. The molecular formula is C20H23N3O3. The normalized spacial score (nSPS) is 21.4. The van der Waals surface area contributed by atoms with Gasteiger partial charge in [-0.05, 0) is 31.7 Å². The van der Waals surface area contributed by atoms with Gasteiger partial charge in [0, 0.05) is 22.2 Å². The summed E-state index contributed by atoms with van der Waals surface area (Å²) in [6, 6.07) is 6.64. The minimum absolute atomic E-state index is 0.190. The Hall–Kier alpha value is -2.63. The van der Waals surface area contributed by atoms with Gasteiger partial charge < -0.3 is 10.3 Å². The van der Waals surface area contributed by atoms with E-state index in [0.29, 0.717) is 5.56 Å². The highest BCUT2D eigenvalue weighted by Crippen LogP contribution is 2.30. The van der Waals surface area contributed by atoms with Crippen LogP contribution in [0, 0.1) is 12.8 Å². The Morgan fingerprint density at radius 1 is 1.15 bits per heavy atom. The fraction of sp³-hybridized carbons (Fsp3) is 0.450. The van der Waals surface area contributed by atoms with Crippen LogP contribution in [0.5, 0.6) is 0 Å². The number of ketones is 1. The highest BCUT2D eigenvalue weighted by atomic mass is 16.2. The number of rotatable bonds is 4. The lowest BCUT2D eigenvalue weighted by atomic mass is 9.84. The number of urea groups is 1. The minimum Gasteiger partial charge on any atom is -0.358 e. The number of aromatic nitrogens is 1. The summed E-state index contributed by atoms with van der Waals surface area (Å²) in [6.07, 6.45) is 5.29. The quantitative estimate of drug-likeness (QED) is 0.654. The number of Topliss-reactive ketones (excluding diaryl/α,β-unsaturated/α-hetero) is 1. The van der Waals surface area contributed by atoms with Crippen molar-refractivity contribution in [2.24, 2.45) is 5.92 Å². The van der Waals surface area contributed by atoms with Crippen LogP contribution in [0.4, 0.5) is 4.79 Å². The summed E-state index contributed by atoms with van der Waals surface area (Å²) in [5, 5.41) is 3.63. The van der Waals surface area contributed by atoms with Gasteiger partial charge in [0.05, 0.1) is 6.54 Å². The zero-order valence-corrected chi connectivity index (χ0v) is 14.9. The standard InChI is InChI=1S/C20H23N3O3/c1-12-17(14-9-5-6-10-15(14)21-12)16(24)11-23-19(25)18(22-20(23)26)13-7-3-2-4-8-13/h5-6,9-10,13,18,21H,2-4,7-8,11H2,1H3,(H,22,26)/t18-/m1/s1. The molecule has 0 unspecified atom stereocenters. The Bertz CT molecular complexity index is 880. The van der Waals surface area contributed by atoms with Gasteiger partial charge in [-0.3, -0.25) is 14.5 Å². The number of amides is 3. The molecule has 0 spiro atoms. The number of fused-ring (bicyclic) bond motifs is 1. The number of carbonyl (C=O) groups excluding carboxylic acids is 3. The lowest BCUT2D eigenvalue weighted by Crippen LogP contribution is -2.39. The van der Waals surface area contributed by atoms with E-state index in [-0.39, 0.29) is 24.2 Å². The van der Waals surface area contributed by atoms with Gasteiger partial charge in [0.25, 0.3) is 5.91 Å². The molecule has 1 aromatic heterocycles. The first kappa shape index (κ1) is 16.8. The molecule has 3 amide bonds. The number of nitrogens with zero attached hydrogens (tertiary/aromatic N) is 1. The number of aryl methyl sites for hydroxylation is 1. The van der Waals surface area contributed by atoms with Crippen LogP contribution >= 0.6 is 0 Å². The van der Waals surface area contributed by atoms with Crippen molar-refractivity contribution in [1.82, 2.24) is 15.2 Å². The van der Waals surface area contributed by atoms with E-state index in [0.717, 1.165) is 47.2 Å². The molecule has 0 bridgehead atoms. The molecule has 1 aliphatic carbocycles. The van der Waals surface area contributed by atoms with Crippen LogP contribution in [0.3, 0.4) is 0 Å². The van der Waals surface area contributed by atoms with Crippen molar-refractivity contribution in [3.05, 3.63) is 35.5 Å². The number of hydrogen-bond donors (Lipinski definition) is 2. The Morgan fingerprint density at radius 3 is 2.65 bits per heavy atom. The third-order valence-corrected chi connectivity index (χ3v) is 5.65. The van der Waals surface area contributed by atoms with E-state index in [1.807, 2.05) is 31.2 Å². The molecule has 6 nitrogen and oxygen atoms in total.